The predicted octanol–water partition coefficient (Wildman–Crippen LogP) is 6.88. The molecule has 0 aromatic heterocycles. The number of rotatable bonds is 5. The lowest BCUT2D eigenvalue weighted by molar-refractivity contribution is -0.113. The number of thiocarbonyl (C=S) groups is 1. The molecule has 3 aromatic carbocycles. The van der Waals surface area contributed by atoms with Crippen molar-refractivity contribution in [2.45, 2.75) is 13.5 Å². The third-order valence-corrected chi connectivity index (χ3v) is 6.54. The second kappa shape index (κ2) is 9.34. The molecule has 156 valence electrons. The van der Waals surface area contributed by atoms with Gasteiger partial charge in [0.1, 0.15) is 18.2 Å². The van der Waals surface area contributed by atoms with E-state index in [0.29, 0.717) is 26.1 Å². The number of carbonyl (C=O) groups excluding carboxylic acids is 1. The zero-order valence-electron chi connectivity index (χ0n) is 16.5. The van der Waals surface area contributed by atoms with Crippen LogP contribution in [0.2, 0.25) is 0 Å². The van der Waals surface area contributed by atoms with E-state index in [4.69, 9.17) is 17.0 Å². The number of aryl methyl sites for hydroxylation is 1. The van der Waals surface area contributed by atoms with Crippen molar-refractivity contribution in [2.24, 2.45) is 0 Å². The van der Waals surface area contributed by atoms with E-state index in [2.05, 4.69) is 15.9 Å². The van der Waals surface area contributed by atoms with Gasteiger partial charge in [-0.1, -0.05) is 76.3 Å². The third kappa shape index (κ3) is 4.74. The molecule has 1 fully saturated rings. The van der Waals surface area contributed by atoms with Gasteiger partial charge in [-0.15, -0.1) is 0 Å². The number of hydrogen-bond acceptors (Lipinski definition) is 4. The fourth-order valence-corrected chi connectivity index (χ4v) is 4.82. The number of carbonyl (C=O) groups is 1. The van der Waals surface area contributed by atoms with Crippen LogP contribution < -0.4 is 9.64 Å². The van der Waals surface area contributed by atoms with Gasteiger partial charge in [-0.3, -0.25) is 9.69 Å². The molecule has 1 saturated heterocycles. The molecule has 0 spiro atoms. The Kier molecular flexibility index (Phi) is 6.55. The van der Waals surface area contributed by atoms with E-state index in [1.807, 2.05) is 43.3 Å². The van der Waals surface area contributed by atoms with E-state index >= 15 is 0 Å². The second-order valence-corrected chi connectivity index (χ2v) is 9.46. The molecule has 31 heavy (non-hydrogen) atoms. The Balaban J connectivity index is 1.63. The molecule has 1 aliphatic rings. The van der Waals surface area contributed by atoms with Crippen LogP contribution in [0.4, 0.5) is 10.1 Å². The quantitative estimate of drug-likeness (QED) is 0.274. The number of halogens is 2. The van der Waals surface area contributed by atoms with E-state index in [1.165, 1.54) is 17.8 Å². The Labute approximate surface area is 198 Å². The summed E-state index contributed by atoms with van der Waals surface area (Å²) in [6, 6.07) is 19.6. The molecule has 0 N–H and O–H groups in total. The lowest BCUT2D eigenvalue weighted by atomic mass is 10.1. The van der Waals surface area contributed by atoms with E-state index in [9.17, 15) is 9.18 Å². The highest BCUT2D eigenvalue weighted by molar-refractivity contribution is 9.10. The molecule has 3 nitrogen and oxygen atoms in total. The fourth-order valence-electron chi connectivity index (χ4n) is 3.17. The van der Waals surface area contributed by atoms with Gasteiger partial charge in [-0.2, -0.15) is 0 Å². The molecule has 7 heteroatoms. The number of benzene rings is 3. The lowest BCUT2D eigenvalue weighted by Gasteiger charge is -2.16. The highest BCUT2D eigenvalue weighted by atomic mass is 79.9. The number of para-hydroxylation sites is 1. The standard InChI is InChI=1S/C24H17BrFNO2S2/c1-15-6-2-5-9-20(15)27-23(28)22(31-24(27)30)13-17-12-18(25)10-11-21(17)29-14-16-7-3-4-8-19(16)26/h2-13H,14H2,1H3/b22-13+. The highest BCUT2D eigenvalue weighted by Gasteiger charge is 2.34. The van der Waals surface area contributed by atoms with Crippen LogP contribution in [0.1, 0.15) is 16.7 Å². The predicted molar refractivity (Wildman–Crippen MR) is 132 cm³/mol. The molecule has 0 aliphatic carbocycles. The van der Waals surface area contributed by atoms with Gasteiger partial charge in [0.05, 0.1) is 10.6 Å². The second-order valence-electron chi connectivity index (χ2n) is 6.87. The van der Waals surface area contributed by atoms with Crippen LogP contribution in [0.25, 0.3) is 6.08 Å². The molecule has 1 heterocycles. The van der Waals surface area contributed by atoms with Crippen molar-refractivity contribution in [3.63, 3.8) is 0 Å². The minimum absolute atomic E-state index is 0.0827. The molecular weight excluding hydrogens is 497 g/mol. The number of thioether (sulfide) groups is 1. The summed E-state index contributed by atoms with van der Waals surface area (Å²) in [6.45, 7) is 2.03. The summed E-state index contributed by atoms with van der Waals surface area (Å²) >= 11 is 10.2. The number of anilines is 1. The van der Waals surface area contributed by atoms with Crippen LogP contribution >= 0.6 is 39.9 Å². The molecule has 4 rings (SSSR count). The zero-order chi connectivity index (χ0) is 22.0. The largest absolute Gasteiger partial charge is 0.488 e. The minimum Gasteiger partial charge on any atom is -0.488 e. The summed E-state index contributed by atoms with van der Waals surface area (Å²) in [5.41, 5.74) is 2.91. The van der Waals surface area contributed by atoms with Crippen LogP contribution in [0.5, 0.6) is 5.75 Å². The maximum atomic E-state index is 13.9. The van der Waals surface area contributed by atoms with E-state index in [-0.39, 0.29) is 18.3 Å². The summed E-state index contributed by atoms with van der Waals surface area (Å²) in [6.07, 6.45) is 1.76. The van der Waals surface area contributed by atoms with Gasteiger partial charge in [0, 0.05) is 15.6 Å². The van der Waals surface area contributed by atoms with Gasteiger partial charge in [-0.05, 0) is 48.9 Å². The van der Waals surface area contributed by atoms with Gasteiger partial charge in [0.15, 0.2) is 4.32 Å². The first-order chi connectivity index (χ1) is 14.9. The normalized spacial score (nSPS) is 15.1. The SMILES string of the molecule is Cc1ccccc1N1C(=O)/C(=C\c2cc(Br)ccc2OCc2ccccc2F)SC1=S. The Hall–Kier alpha value is -2.48. The van der Waals surface area contributed by atoms with E-state index in [1.54, 1.807) is 35.2 Å². The van der Waals surface area contributed by atoms with Crippen molar-refractivity contribution in [1.29, 1.82) is 0 Å². The van der Waals surface area contributed by atoms with Crippen LogP contribution in [0, 0.1) is 12.7 Å². The maximum absolute atomic E-state index is 13.9. The van der Waals surface area contributed by atoms with Crippen molar-refractivity contribution < 1.29 is 13.9 Å². The Morgan fingerprint density at radius 3 is 2.65 bits per heavy atom. The first-order valence-corrected chi connectivity index (χ1v) is 11.4. The monoisotopic (exact) mass is 513 g/mol. The van der Waals surface area contributed by atoms with Crippen LogP contribution in [-0.2, 0) is 11.4 Å². The molecule has 0 atom stereocenters. The van der Waals surface area contributed by atoms with Crippen molar-refractivity contribution in [3.05, 3.63) is 98.6 Å². The van der Waals surface area contributed by atoms with Gasteiger partial charge in [-0.25, -0.2) is 4.39 Å². The van der Waals surface area contributed by atoms with Gasteiger partial charge in [0.2, 0.25) is 0 Å². The Bertz CT molecular complexity index is 1210. The number of ether oxygens (including phenoxy) is 1. The number of nitrogens with zero attached hydrogens (tertiary/aromatic N) is 1. The molecule has 0 saturated carbocycles. The summed E-state index contributed by atoms with van der Waals surface area (Å²) in [7, 11) is 0. The van der Waals surface area contributed by atoms with E-state index in [0.717, 1.165) is 15.7 Å². The molecule has 0 radical (unpaired) electrons. The first kappa shape index (κ1) is 21.7. The van der Waals surface area contributed by atoms with Gasteiger partial charge < -0.3 is 4.74 Å². The summed E-state index contributed by atoms with van der Waals surface area (Å²) in [5, 5.41) is 0. The number of amides is 1. The highest BCUT2D eigenvalue weighted by Crippen LogP contribution is 2.38. The average Bonchev–Trinajstić information content (AvgIpc) is 3.02. The third-order valence-electron chi connectivity index (χ3n) is 4.75. The Morgan fingerprint density at radius 2 is 1.87 bits per heavy atom. The van der Waals surface area contributed by atoms with Crippen molar-refractivity contribution >= 4 is 61.9 Å². The molecular formula is C24H17BrFNO2S2. The zero-order valence-corrected chi connectivity index (χ0v) is 19.7. The Morgan fingerprint density at radius 1 is 1.13 bits per heavy atom. The molecule has 0 unspecified atom stereocenters. The molecule has 1 aliphatic heterocycles. The summed E-state index contributed by atoms with van der Waals surface area (Å²) < 4.78 is 21.2. The number of hydrogen-bond donors (Lipinski definition) is 0. The minimum atomic E-state index is -0.319. The van der Waals surface area contributed by atoms with E-state index < -0.39 is 0 Å². The summed E-state index contributed by atoms with van der Waals surface area (Å²) in [4.78, 5) is 15.2. The fraction of sp³-hybridized carbons (Fsp3) is 0.0833. The van der Waals surface area contributed by atoms with Crippen molar-refractivity contribution in [3.8, 4) is 5.75 Å². The molecule has 3 aromatic rings. The lowest BCUT2D eigenvalue weighted by Crippen LogP contribution is -2.28. The smallest absolute Gasteiger partial charge is 0.270 e. The van der Waals surface area contributed by atoms with Gasteiger partial charge >= 0.3 is 0 Å². The first-order valence-electron chi connectivity index (χ1n) is 9.43. The van der Waals surface area contributed by atoms with Crippen LogP contribution in [0.3, 0.4) is 0 Å². The molecule has 1 amide bonds. The van der Waals surface area contributed by atoms with Crippen LogP contribution in [-0.4, -0.2) is 10.2 Å². The summed E-state index contributed by atoms with van der Waals surface area (Å²) in [5.74, 6) is 0.0530. The van der Waals surface area contributed by atoms with Crippen molar-refractivity contribution in [1.82, 2.24) is 0 Å². The molecule has 0 bridgehead atoms. The maximum Gasteiger partial charge on any atom is 0.270 e. The topological polar surface area (TPSA) is 29.5 Å². The van der Waals surface area contributed by atoms with Gasteiger partial charge in [0.25, 0.3) is 5.91 Å². The van der Waals surface area contributed by atoms with Crippen molar-refractivity contribution in [2.75, 3.05) is 4.90 Å². The average molecular weight is 514 g/mol. The van der Waals surface area contributed by atoms with Crippen LogP contribution in [0.15, 0.2) is 76.1 Å².